The number of aliphatic hydroxyl groups excluding tert-OH is 1. The van der Waals surface area contributed by atoms with Crippen LogP contribution in [0, 0.1) is 12.7 Å². The Balaban J connectivity index is 1.86. The van der Waals surface area contributed by atoms with E-state index in [2.05, 4.69) is 4.98 Å². The number of nitrogens with zero attached hydrogens (tertiary/aromatic N) is 2. The van der Waals surface area contributed by atoms with Crippen molar-refractivity contribution in [2.24, 2.45) is 0 Å². The van der Waals surface area contributed by atoms with Crippen LogP contribution in [0.4, 0.5) is 4.39 Å². The van der Waals surface area contributed by atoms with Crippen LogP contribution in [-0.2, 0) is 6.42 Å². The van der Waals surface area contributed by atoms with Crippen molar-refractivity contribution in [3.63, 3.8) is 0 Å². The number of halogens is 1. The molecule has 0 spiro atoms. The van der Waals surface area contributed by atoms with Crippen molar-refractivity contribution in [3.8, 4) is 0 Å². The molecule has 0 saturated heterocycles. The molecule has 1 atom stereocenters. The highest BCUT2D eigenvalue weighted by molar-refractivity contribution is 7.15. The molecule has 0 amide bonds. The summed E-state index contributed by atoms with van der Waals surface area (Å²) in [6.45, 7) is 1.86. The van der Waals surface area contributed by atoms with E-state index in [1.807, 2.05) is 29.1 Å². The van der Waals surface area contributed by atoms with Gasteiger partial charge in [-0.15, -0.1) is 11.3 Å². The van der Waals surface area contributed by atoms with Gasteiger partial charge in [0.05, 0.1) is 11.8 Å². The maximum Gasteiger partial charge on any atom is 0.193 e. The third kappa shape index (κ3) is 2.39. The van der Waals surface area contributed by atoms with Crippen LogP contribution in [0.25, 0.3) is 4.96 Å². The average molecular weight is 276 g/mol. The minimum atomic E-state index is -0.736. The molecule has 0 bridgehead atoms. The highest BCUT2D eigenvalue weighted by atomic mass is 32.1. The molecule has 1 aromatic carbocycles. The van der Waals surface area contributed by atoms with Crippen molar-refractivity contribution in [1.82, 2.24) is 9.38 Å². The number of fused-ring (bicyclic) bond motifs is 1. The lowest BCUT2D eigenvalue weighted by molar-refractivity contribution is 0.176. The molecule has 1 unspecified atom stereocenters. The smallest absolute Gasteiger partial charge is 0.193 e. The summed E-state index contributed by atoms with van der Waals surface area (Å²) >= 11 is 1.55. The van der Waals surface area contributed by atoms with E-state index in [1.165, 1.54) is 12.1 Å². The fraction of sp³-hybridized carbons (Fsp3) is 0.214. The predicted molar refractivity (Wildman–Crippen MR) is 72.9 cm³/mol. The molecule has 3 aromatic rings. The first-order chi connectivity index (χ1) is 9.13. The minimum absolute atomic E-state index is 0.328. The van der Waals surface area contributed by atoms with E-state index in [0.717, 1.165) is 16.2 Å². The van der Waals surface area contributed by atoms with Crippen molar-refractivity contribution in [2.75, 3.05) is 0 Å². The van der Waals surface area contributed by atoms with Crippen LogP contribution in [0.5, 0.6) is 0 Å². The molecule has 3 nitrogen and oxygen atoms in total. The van der Waals surface area contributed by atoms with Gasteiger partial charge in [-0.3, -0.25) is 4.40 Å². The van der Waals surface area contributed by atoms with Gasteiger partial charge in [-0.05, 0) is 30.2 Å². The number of aromatic nitrogens is 2. The van der Waals surface area contributed by atoms with Gasteiger partial charge in [0.15, 0.2) is 4.96 Å². The van der Waals surface area contributed by atoms with Crippen LogP contribution in [-0.4, -0.2) is 14.5 Å². The van der Waals surface area contributed by atoms with Crippen LogP contribution in [0.3, 0.4) is 0 Å². The number of benzene rings is 1. The van der Waals surface area contributed by atoms with Gasteiger partial charge in [0.1, 0.15) is 5.82 Å². The Morgan fingerprint density at radius 3 is 3.11 bits per heavy atom. The molecule has 3 rings (SSSR count). The molecule has 5 heteroatoms. The van der Waals surface area contributed by atoms with E-state index in [1.54, 1.807) is 17.4 Å². The second kappa shape index (κ2) is 4.75. The normalized spacial score (nSPS) is 13.0. The SMILES string of the molecule is Cc1ccc(F)cc1C(O)Cc1cn2ccsc2n1. The van der Waals surface area contributed by atoms with E-state index in [0.29, 0.717) is 12.0 Å². The van der Waals surface area contributed by atoms with Gasteiger partial charge in [-0.25, -0.2) is 9.37 Å². The fourth-order valence-corrected chi connectivity index (χ4v) is 2.87. The van der Waals surface area contributed by atoms with Gasteiger partial charge in [-0.2, -0.15) is 0 Å². The molecule has 1 N–H and O–H groups in total. The van der Waals surface area contributed by atoms with Crippen LogP contribution in [0.2, 0.25) is 0 Å². The lowest BCUT2D eigenvalue weighted by Crippen LogP contribution is -2.04. The number of thiazole rings is 1. The third-order valence-corrected chi connectivity index (χ3v) is 3.92. The summed E-state index contributed by atoms with van der Waals surface area (Å²) in [6, 6.07) is 4.47. The lowest BCUT2D eigenvalue weighted by Gasteiger charge is -2.12. The maximum atomic E-state index is 13.2. The van der Waals surface area contributed by atoms with Gasteiger partial charge in [-0.1, -0.05) is 6.07 Å². The Morgan fingerprint density at radius 1 is 1.47 bits per heavy atom. The molecule has 0 saturated carbocycles. The summed E-state index contributed by atoms with van der Waals surface area (Å²) in [5.74, 6) is -0.328. The van der Waals surface area contributed by atoms with E-state index >= 15 is 0 Å². The molecular formula is C14H13FN2OS. The van der Waals surface area contributed by atoms with Crippen molar-refractivity contribution >= 4 is 16.3 Å². The highest BCUT2D eigenvalue weighted by Gasteiger charge is 2.14. The first kappa shape index (κ1) is 12.3. The molecule has 0 aliphatic rings. The van der Waals surface area contributed by atoms with Crippen LogP contribution >= 0.6 is 11.3 Å². The zero-order valence-corrected chi connectivity index (χ0v) is 11.2. The number of rotatable bonds is 3. The van der Waals surface area contributed by atoms with Crippen molar-refractivity contribution in [1.29, 1.82) is 0 Å². The number of aliphatic hydroxyl groups is 1. The third-order valence-electron chi connectivity index (χ3n) is 3.15. The molecular weight excluding hydrogens is 263 g/mol. The van der Waals surface area contributed by atoms with E-state index in [4.69, 9.17) is 0 Å². The summed E-state index contributed by atoms with van der Waals surface area (Å²) in [6.07, 6.45) is 3.47. The monoisotopic (exact) mass is 276 g/mol. The summed E-state index contributed by atoms with van der Waals surface area (Å²) < 4.78 is 15.2. The first-order valence-corrected chi connectivity index (χ1v) is 6.86. The summed E-state index contributed by atoms with van der Waals surface area (Å²) in [4.78, 5) is 5.32. The van der Waals surface area contributed by atoms with Gasteiger partial charge in [0.25, 0.3) is 0 Å². The number of aryl methyl sites for hydroxylation is 1. The Hall–Kier alpha value is -1.72. The summed E-state index contributed by atoms with van der Waals surface area (Å²) in [7, 11) is 0. The lowest BCUT2D eigenvalue weighted by atomic mass is 10.00. The average Bonchev–Trinajstić information content (AvgIpc) is 2.92. The second-order valence-electron chi connectivity index (χ2n) is 4.55. The number of imidazole rings is 1. The van der Waals surface area contributed by atoms with Crippen molar-refractivity contribution in [2.45, 2.75) is 19.4 Å². The summed E-state index contributed by atoms with van der Waals surface area (Å²) in [5, 5.41) is 12.2. The predicted octanol–water partition coefficient (Wildman–Crippen LogP) is 3.12. The standard InChI is InChI=1S/C14H13FN2OS/c1-9-2-3-10(15)6-12(9)13(18)7-11-8-17-4-5-19-14(17)16-11/h2-6,8,13,18H,7H2,1H3. The minimum Gasteiger partial charge on any atom is -0.388 e. The molecule has 0 aliphatic carbocycles. The van der Waals surface area contributed by atoms with Crippen molar-refractivity contribution in [3.05, 3.63) is 58.6 Å². The molecule has 0 fully saturated rings. The highest BCUT2D eigenvalue weighted by Crippen LogP contribution is 2.23. The molecule has 2 heterocycles. The molecule has 98 valence electrons. The Bertz CT molecular complexity index is 691. The van der Waals surface area contributed by atoms with E-state index in [9.17, 15) is 9.50 Å². The van der Waals surface area contributed by atoms with Gasteiger partial charge >= 0.3 is 0 Å². The quantitative estimate of drug-likeness (QED) is 0.798. The zero-order valence-electron chi connectivity index (χ0n) is 10.4. The second-order valence-corrected chi connectivity index (χ2v) is 5.42. The van der Waals surface area contributed by atoms with Crippen LogP contribution in [0.1, 0.15) is 22.9 Å². The Labute approximate surface area is 114 Å². The maximum absolute atomic E-state index is 13.2. The zero-order chi connectivity index (χ0) is 13.4. The van der Waals surface area contributed by atoms with Gasteiger partial charge < -0.3 is 5.11 Å². The Morgan fingerprint density at radius 2 is 2.32 bits per heavy atom. The largest absolute Gasteiger partial charge is 0.388 e. The van der Waals surface area contributed by atoms with Crippen molar-refractivity contribution < 1.29 is 9.50 Å². The van der Waals surface area contributed by atoms with E-state index < -0.39 is 6.10 Å². The molecule has 0 radical (unpaired) electrons. The Kier molecular flexibility index (Phi) is 3.08. The van der Waals surface area contributed by atoms with Gasteiger partial charge in [0, 0.05) is 24.2 Å². The van der Waals surface area contributed by atoms with E-state index in [-0.39, 0.29) is 5.82 Å². The molecule has 0 aliphatic heterocycles. The van der Waals surface area contributed by atoms with Crippen LogP contribution < -0.4 is 0 Å². The molecule has 19 heavy (non-hydrogen) atoms. The number of hydrogen-bond donors (Lipinski definition) is 1. The fourth-order valence-electron chi connectivity index (χ4n) is 2.15. The van der Waals surface area contributed by atoms with Crippen LogP contribution in [0.15, 0.2) is 36.0 Å². The first-order valence-electron chi connectivity index (χ1n) is 5.98. The number of hydrogen-bond acceptors (Lipinski definition) is 3. The molecule has 2 aromatic heterocycles. The summed E-state index contributed by atoms with van der Waals surface area (Å²) in [5.41, 5.74) is 2.31. The van der Waals surface area contributed by atoms with Gasteiger partial charge in [0.2, 0.25) is 0 Å². The topological polar surface area (TPSA) is 37.5 Å².